The van der Waals surface area contributed by atoms with Crippen LogP contribution >= 0.6 is 11.6 Å². The van der Waals surface area contributed by atoms with Crippen molar-refractivity contribution in [2.75, 3.05) is 69.5 Å². The molecule has 0 bridgehead atoms. The molecular formula is C53H60ClN11O15. The second-order valence-corrected chi connectivity index (χ2v) is 18.8. The number of carboxylic acids is 1. The lowest BCUT2D eigenvalue weighted by Crippen LogP contribution is -2.56. The number of aryl methyl sites for hydroxylation is 1. The van der Waals surface area contributed by atoms with E-state index >= 15 is 0 Å². The zero-order chi connectivity index (χ0) is 58.3. The van der Waals surface area contributed by atoms with Gasteiger partial charge in [-0.3, -0.25) is 63.7 Å². The molecule has 80 heavy (non-hydrogen) atoms. The van der Waals surface area contributed by atoms with Crippen LogP contribution in [0, 0.1) is 6.92 Å². The van der Waals surface area contributed by atoms with E-state index in [0.29, 0.717) is 28.1 Å². The van der Waals surface area contributed by atoms with E-state index in [4.69, 9.17) is 31.0 Å². The second kappa shape index (κ2) is 27.4. The number of imide groups is 1. The van der Waals surface area contributed by atoms with Gasteiger partial charge in [0, 0.05) is 54.4 Å². The van der Waals surface area contributed by atoms with E-state index in [1.807, 2.05) is 25.1 Å². The van der Waals surface area contributed by atoms with Crippen molar-refractivity contribution in [2.45, 2.75) is 50.8 Å². The molecule has 6 rings (SSSR count). The number of carbonyl (C=O) groups excluding carboxylic acids is 9. The van der Waals surface area contributed by atoms with Gasteiger partial charge in [0.2, 0.25) is 29.5 Å². The second-order valence-electron chi connectivity index (χ2n) is 18.5. The van der Waals surface area contributed by atoms with Crippen LogP contribution in [-0.4, -0.2) is 151 Å². The highest BCUT2D eigenvalue weighted by molar-refractivity contribution is 6.19. The first-order valence-electron chi connectivity index (χ1n) is 24.7. The molecule has 0 saturated heterocycles. The predicted molar refractivity (Wildman–Crippen MR) is 289 cm³/mol. The minimum Gasteiger partial charge on any atom is -0.507 e. The number of nitrogens with one attached hydrogen (secondary N) is 9. The SMILES string of the molecule is C=CNC(=O)c1cc(OC)c(ON2C[C@@H](CCl)c3c2cc(O)c2cccc(C)c32)cc1NNC(=O)C(C)(C)OCNC(=O)CNC(=O)[C@H](Cc1ccccc1)NC(=O)CNC(=O)CNC(=O)[C@H](CNCC(=O)O)N1C(=O)C=CC1=O. The third kappa shape index (κ3) is 15.3. The van der Waals surface area contributed by atoms with Gasteiger partial charge < -0.3 is 61.7 Å². The summed E-state index contributed by atoms with van der Waals surface area (Å²) < 4.78 is 11.3. The number of carboxylic acid groups (broad SMARTS) is 1. The number of benzene rings is 4. The Labute approximate surface area is 462 Å². The Morgan fingerprint density at radius 3 is 2.19 bits per heavy atom. The van der Waals surface area contributed by atoms with Crippen LogP contribution in [0.1, 0.15) is 46.8 Å². The number of ether oxygens (including phenoxy) is 2. The number of nitrogens with zero attached hydrogens (tertiary/aromatic N) is 2. The molecule has 0 radical (unpaired) electrons. The van der Waals surface area contributed by atoms with Gasteiger partial charge in [0.1, 0.15) is 30.2 Å². The van der Waals surface area contributed by atoms with Crippen molar-refractivity contribution in [3.05, 3.63) is 114 Å². The molecule has 2 aliphatic heterocycles. The van der Waals surface area contributed by atoms with E-state index < -0.39 is 116 Å². The fourth-order valence-electron chi connectivity index (χ4n) is 8.40. The minimum absolute atomic E-state index is 0.00616. The number of hydrogen-bond donors (Lipinski definition) is 11. The van der Waals surface area contributed by atoms with Crippen molar-refractivity contribution in [3.8, 4) is 17.2 Å². The molecule has 26 nitrogen and oxygen atoms in total. The number of amides is 9. The third-order valence-corrected chi connectivity index (χ3v) is 12.8. The van der Waals surface area contributed by atoms with Gasteiger partial charge in [0.25, 0.3) is 23.6 Å². The number of phenols is 1. The third-order valence-electron chi connectivity index (χ3n) is 12.5. The van der Waals surface area contributed by atoms with Crippen LogP contribution < -0.4 is 62.7 Å². The highest BCUT2D eigenvalue weighted by Gasteiger charge is 2.37. The number of carbonyl (C=O) groups is 10. The summed E-state index contributed by atoms with van der Waals surface area (Å²) in [5.74, 6) is -8.16. The number of aromatic hydroxyl groups is 1. The maximum absolute atomic E-state index is 13.6. The fourth-order valence-corrected chi connectivity index (χ4v) is 8.65. The average molecular weight is 1130 g/mol. The number of rotatable bonds is 28. The highest BCUT2D eigenvalue weighted by Crippen LogP contribution is 2.47. The normalized spacial score (nSPS) is 14.3. The van der Waals surface area contributed by atoms with Crippen molar-refractivity contribution in [1.29, 1.82) is 0 Å². The number of alkyl halides is 1. The predicted octanol–water partition coefficient (Wildman–Crippen LogP) is 0.228. The lowest BCUT2D eigenvalue weighted by atomic mass is 9.92. The van der Waals surface area contributed by atoms with Crippen molar-refractivity contribution in [1.82, 2.24) is 47.5 Å². The molecule has 4 aromatic carbocycles. The van der Waals surface area contributed by atoms with Crippen molar-refractivity contribution >= 4 is 92.9 Å². The van der Waals surface area contributed by atoms with Crippen molar-refractivity contribution in [3.63, 3.8) is 0 Å². The smallest absolute Gasteiger partial charge is 0.317 e. The van der Waals surface area contributed by atoms with Gasteiger partial charge in [0.15, 0.2) is 11.5 Å². The van der Waals surface area contributed by atoms with Gasteiger partial charge in [0.05, 0.1) is 56.8 Å². The van der Waals surface area contributed by atoms with Crippen LogP contribution in [0.15, 0.2) is 91.7 Å². The summed E-state index contributed by atoms with van der Waals surface area (Å²) in [5, 5.41) is 39.9. The van der Waals surface area contributed by atoms with Crippen LogP contribution in [0.25, 0.3) is 10.8 Å². The topological polar surface area (TPSA) is 354 Å². The molecule has 0 aliphatic carbocycles. The molecule has 3 atom stereocenters. The first kappa shape index (κ1) is 60.0. The number of fused-ring (bicyclic) bond motifs is 3. The Hall–Kier alpha value is -9.27. The number of phenolic OH excluding ortho intramolecular Hbond substituents is 1. The van der Waals surface area contributed by atoms with Gasteiger partial charge in [-0.1, -0.05) is 55.1 Å². The number of hydroxylamine groups is 1. The molecule has 2 aliphatic rings. The fraction of sp³-hybridized carbons (Fsp3) is 0.321. The summed E-state index contributed by atoms with van der Waals surface area (Å²) in [6.45, 7) is 5.05. The Kier molecular flexibility index (Phi) is 20.5. The van der Waals surface area contributed by atoms with Crippen molar-refractivity contribution in [2.24, 2.45) is 0 Å². The first-order valence-corrected chi connectivity index (χ1v) is 25.2. The van der Waals surface area contributed by atoms with E-state index in [-0.39, 0.29) is 46.7 Å². The molecule has 0 spiro atoms. The Morgan fingerprint density at radius 1 is 0.850 bits per heavy atom. The Balaban J connectivity index is 1.01. The number of anilines is 2. The number of hydrazine groups is 1. The van der Waals surface area contributed by atoms with Gasteiger partial charge in [-0.2, -0.15) is 0 Å². The number of halogens is 1. The minimum atomic E-state index is -1.64. The van der Waals surface area contributed by atoms with Crippen LogP contribution in [0.2, 0.25) is 0 Å². The lowest BCUT2D eigenvalue weighted by molar-refractivity contribution is -0.145. The molecule has 11 N–H and O–H groups in total. The average Bonchev–Trinajstić information content (AvgIpc) is 3.96. The molecule has 9 amide bonds. The molecule has 27 heteroatoms. The quantitative estimate of drug-likeness (QED) is 0.0157. The zero-order valence-electron chi connectivity index (χ0n) is 43.9. The van der Waals surface area contributed by atoms with Gasteiger partial charge >= 0.3 is 5.97 Å². The molecule has 2 heterocycles. The summed E-state index contributed by atoms with van der Waals surface area (Å²) in [5.41, 5.74) is 6.70. The van der Waals surface area contributed by atoms with E-state index in [1.165, 1.54) is 39.3 Å². The van der Waals surface area contributed by atoms with E-state index in [2.05, 4.69) is 54.6 Å². The zero-order valence-corrected chi connectivity index (χ0v) is 44.6. The van der Waals surface area contributed by atoms with Crippen molar-refractivity contribution < 1.29 is 72.5 Å². The first-order chi connectivity index (χ1) is 38.1. The Morgan fingerprint density at radius 2 is 1.52 bits per heavy atom. The van der Waals surface area contributed by atoms with Gasteiger partial charge in [-0.25, -0.2) is 5.06 Å². The lowest BCUT2D eigenvalue weighted by Gasteiger charge is -2.26. The largest absolute Gasteiger partial charge is 0.507 e. The van der Waals surface area contributed by atoms with Crippen LogP contribution in [-0.2, 0) is 54.3 Å². The van der Waals surface area contributed by atoms with Crippen LogP contribution in [0.4, 0.5) is 11.4 Å². The van der Waals surface area contributed by atoms with Gasteiger partial charge in [-0.05, 0) is 55.1 Å². The Bertz CT molecular complexity index is 3080. The highest BCUT2D eigenvalue weighted by atomic mass is 35.5. The number of aliphatic carboxylic acids is 1. The standard InChI is InChI=1S/C53H60ClN11O15/c1-6-56-49(74)33-18-39(78-5)40(80-64-27-31(21-54)48-36(64)20-38(66)32-14-10-11-29(2)47(32)48)19-34(33)62-63-52(77)53(3,4)79-28-60-42(68)24-58-50(75)35(17-30-12-8-7-9-13-30)61-43(69)25-57-41(67)23-59-51(76)37(22-55-26-46(72)73)65-44(70)15-16-45(65)71/h6-16,18-20,31,35,37,55,62,66H,1,17,21-28H2,2-5H3,(H,56,74)(H,57,67)(H,58,75)(H,59,76)(H,60,68)(H,61,69)(H,63,77)(H,72,73)/t31-,35+,37+/m1/s1. The summed E-state index contributed by atoms with van der Waals surface area (Å²) >= 11 is 6.48. The van der Waals surface area contributed by atoms with Crippen LogP contribution in [0.5, 0.6) is 17.2 Å². The monoisotopic (exact) mass is 1130 g/mol. The summed E-state index contributed by atoms with van der Waals surface area (Å²) in [6.07, 6.45) is 2.99. The molecule has 0 saturated carbocycles. The summed E-state index contributed by atoms with van der Waals surface area (Å²) in [6, 6.07) is 15.8. The molecule has 0 unspecified atom stereocenters. The maximum Gasteiger partial charge on any atom is 0.317 e. The molecular weight excluding hydrogens is 1070 g/mol. The number of hydrogen-bond acceptors (Lipinski definition) is 17. The maximum atomic E-state index is 13.6. The summed E-state index contributed by atoms with van der Waals surface area (Å²) in [4.78, 5) is 134. The molecule has 424 valence electrons. The van der Waals surface area contributed by atoms with Crippen LogP contribution in [0.3, 0.4) is 0 Å². The van der Waals surface area contributed by atoms with E-state index in [9.17, 15) is 53.1 Å². The summed E-state index contributed by atoms with van der Waals surface area (Å²) in [7, 11) is 1.38. The number of methoxy groups -OCH3 is 1. The van der Waals surface area contributed by atoms with E-state index in [1.54, 1.807) is 41.5 Å². The molecule has 0 aromatic heterocycles. The van der Waals surface area contributed by atoms with Gasteiger partial charge in [-0.15, -0.1) is 11.6 Å². The van der Waals surface area contributed by atoms with E-state index in [0.717, 1.165) is 28.7 Å². The molecule has 0 fully saturated rings. The molecule has 4 aromatic rings.